The van der Waals surface area contributed by atoms with Gasteiger partial charge < -0.3 is 0 Å². The maximum atomic E-state index is 13.5. The Bertz CT molecular complexity index is 560. The Labute approximate surface area is 171 Å². The third-order valence-corrected chi connectivity index (χ3v) is 7.82. The molecule has 2 aliphatic rings. The molecule has 2 saturated carbocycles. The highest BCUT2D eigenvalue weighted by Crippen LogP contribution is 2.42. The van der Waals surface area contributed by atoms with Crippen LogP contribution in [-0.4, -0.2) is 0 Å². The van der Waals surface area contributed by atoms with Crippen molar-refractivity contribution in [3.05, 3.63) is 35.4 Å². The highest BCUT2D eigenvalue weighted by Gasteiger charge is 2.29. The summed E-state index contributed by atoms with van der Waals surface area (Å²) in [6.07, 6.45) is 17.4. The fraction of sp³-hybridized carbons (Fsp3) is 0.769. The first kappa shape index (κ1) is 21.8. The van der Waals surface area contributed by atoms with Crippen LogP contribution in [0.3, 0.4) is 0 Å². The number of hydrogen-bond donors (Lipinski definition) is 0. The highest BCUT2D eigenvalue weighted by molar-refractivity contribution is 5.22. The fourth-order valence-corrected chi connectivity index (χ4v) is 5.99. The smallest absolute Gasteiger partial charge is 0.126 e. The number of halogens is 2. The summed E-state index contributed by atoms with van der Waals surface area (Å²) >= 11 is 0. The zero-order valence-electron chi connectivity index (χ0n) is 18.1. The number of unbranched alkanes of at least 4 members (excludes halogenated alkanes) is 2. The second kappa shape index (κ2) is 10.7. The molecule has 3 rings (SSSR count). The number of hydrogen-bond acceptors (Lipinski definition) is 0. The molecular weight excluding hydrogens is 350 g/mol. The van der Waals surface area contributed by atoms with Crippen LogP contribution in [0.15, 0.2) is 18.2 Å². The van der Waals surface area contributed by atoms with E-state index in [9.17, 15) is 8.78 Å². The van der Waals surface area contributed by atoms with Gasteiger partial charge in [0.15, 0.2) is 0 Å². The van der Waals surface area contributed by atoms with Gasteiger partial charge in [0.25, 0.3) is 0 Å². The van der Waals surface area contributed by atoms with Gasteiger partial charge in [-0.15, -0.1) is 0 Å². The summed E-state index contributed by atoms with van der Waals surface area (Å²) < 4.78 is 27.0. The van der Waals surface area contributed by atoms with Crippen molar-refractivity contribution in [1.29, 1.82) is 0 Å². The first-order chi connectivity index (χ1) is 13.5. The minimum Gasteiger partial charge on any atom is -0.207 e. The number of benzene rings is 1. The van der Waals surface area contributed by atoms with E-state index in [-0.39, 0.29) is 0 Å². The van der Waals surface area contributed by atoms with Crippen LogP contribution in [0.5, 0.6) is 0 Å². The van der Waals surface area contributed by atoms with Gasteiger partial charge in [0.2, 0.25) is 0 Å². The van der Waals surface area contributed by atoms with Crippen molar-refractivity contribution in [2.75, 3.05) is 0 Å². The summed E-state index contributed by atoms with van der Waals surface area (Å²) in [5, 5.41) is 0. The summed E-state index contributed by atoms with van der Waals surface area (Å²) in [5.41, 5.74) is 0.866. The minimum atomic E-state index is -0.434. The van der Waals surface area contributed by atoms with Crippen molar-refractivity contribution in [2.45, 2.75) is 103 Å². The van der Waals surface area contributed by atoms with Gasteiger partial charge in [0.05, 0.1) is 0 Å². The molecule has 158 valence electrons. The molecule has 0 amide bonds. The summed E-state index contributed by atoms with van der Waals surface area (Å²) in [6, 6.07) is 4.06. The predicted octanol–water partition coefficient (Wildman–Crippen LogP) is 8.65. The molecule has 0 spiro atoms. The normalized spacial score (nSPS) is 29.6. The van der Waals surface area contributed by atoms with Gasteiger partial charge in [0.1, 0.15) is 11.6 Å². The first-order valence-electron chi connectivity index (χ1n) is 12.0. The lowest BCUT2D eigenvalue weighted by Gasteiger charge is -2.36. The van der Waals surface area contributed by atoms with E-state index < -0.39 is 11.6 Å². The lowest BCUT2D eigenvalue weighted by Crippen LogP contribution is -2.23. The molecule has 2 fully saturated rings. The molecule has 28 heavy (non-hydrogen) atoms. The Morgan fingerprint density at radius 3 is 2.04 bits per heavy atom. The molecule has 0 saturated heterocycles. The molecule has 1 atom stereocenters. The van der Waals surface area contributed by atoms with Crippen molar-refractivity contribution >= 4 is 0 Å². The molecular formula is C26H40F2. The Morgan fingerprint density at radius 1 is 0.821 bits per heavy atom. The fourth-order valence-electron chi connectivity index (χ4n) is 5.99. The van der Waals surface area contributed by atoms with Gasteiger partial charge in [-0.1, -0.05) is 52.4 Å². The number of rotatable bonds is 8. The summed E-state index contributed by atoms with van der Waals surface area (Å²) in [5.74, 6) is 3.05. The second-order valence-electron chi connectivity index (χ2n) is 9.91. The Hall–Kier alpha value is -0.920. The molecule has 2 heteroatoms. The van der Waals surface area contributed by atoms with Gasteiger partial charge in [-0.3, -0.25) is 0 Å². The van der Waals surface area contributed by atoms with E-state index in [1.165, 1.54) is 82.8 Å². The Morgan fingerprint density at radius 2 is 1.43 bits per heavy atom. The Kier molecular flexibility index (Phi) is 8.36. The molecule has 0 heterocycles. The molecule has 0 bridgehead atoms. The zero-order chi connectivity index (χ0) is 19.9. The molecule has 0 aliphatic heterocycles. The Balaban J connectivity index is 1.39. The average molecular weight is 391 g/mol. The van der Waals surface area contributed by atoms with Gasteiger partial charge in [-0.2, -0.15) is 0 Å². The maximum Gasteiger partial charge on any atom is 0.126 e. The van der Waals surface area contributed by atoms with Gasteiger partial charge >= 0.3 is 0 Å². The standard InChI is InChI=1S/C26H40F2/c1-3-4-5-6-20-7-11-22(12-8-20)19(2)15-21-9-13-23(14-10-21)24-16-25(27)18-26(28)17-24/h16-23H,3-15H2,1-2H3. The van der Waals surface area contributed by atoms with E-state index >= 15 is 0 Å². The van der Waals surface area contributed by atoms with Crippen LogP contribution in [0, 0.1) is 35.3 Å². The third kappa shape index (κ3) is 6.29. The van der Waals surface area contributed by atoms with Gasteiger partial charge in [-0.05, 0) is 92.2 Å². The molecule has 0 aromatic heterocycles. The van der Waals surface area contributed by atoms with Crippen molar-refractivity contribution in [3.63, 3.8) is 0 Å². The molecule has 0 N–H and O–H groups in total. The topological polar surface area (TPSA) is 0 Å². The van der Waals surface area contributed by atoms with Crippen LogP contribution >= 0.6 is 0 Å². The molecule has 2 aliphatic carbocycles. The first-order valence-corrected chi connectivity index (χ1v) is 12.0. The van der Waals surface area contributed by atoms with Crippen LogP contribution in [-0.2, 0) is 0 Å². The average Bonchev–Trinajstić information content (AvgIpc) is 2.68. The van der Waals surface area contributed by atoms with Crippen molar-refractivity contribution < 1.29 is 8.78 Å². The van der Waals surface area contributed by atoms with E-state index in [4.69, 9.17) is 0 Å². The van der Waals surface area contributed by atoms with E-state index in [1.54, 1.807) is 0 Å². The van der Waals surface area contributed by atoms with Crippen LogP contribution in [0.4, 0.5) is 8.78 Å². The van der Waals surface area contributed by atoms with E-state index in [0.29, 0.717) is 5.92 Å². The summed E-state index contributed by atoms with van der Waals surface area (Å²) in [6.45, 7) is 4.78. The quantitative estimate of drug-likeness (QED) is 0.390. The zero-order valence-corrected chi connectivity index (χ0v) is 18.1. The van der Waals surface area contributed by atoms with E-state index in [1.807, 2.05) is 0 Å². The van der Waals surface area contributed by atoms with Crippen LogP contribution in [0.1, 0.15) is 109 Å². The van der Waals surface area contributed by atoms with Crippen molar-refractivity contribution in [2.24, 2.45) is 23.7 Å². The molecule has 0 radical (unpaired) electrons. The van der Waals surface area contributed by atoms with Crippen LogP contribution in [0.25, 0.3) is 0 Å². The van der Waals surface area contributed by atoms with Crippen molar-refractivity contribution in [1.82, 2.24) is 0 Å². The molecule has 1 aromatic rings. The van der Waals surface area contributed by atoms with Gasteiger partial charge in [-0.25, -0.2) is 8.78 Å². The van der Waals surface area contributed by atoms with Crippen LogP contribution in [0.2, 0.25) is 0 Å². The minimum absolute atomic E-state index is 0.343. The second-order valence-corrected chi connectivity index (χ2v) is 9.91. The lowest BCUT2D eigenvalue weighted by molar-refractivity contribution is 0.169. The SMILES string of the molecule is CCCCCC1CCC(C(C)CC2CCC(c3cc(F)cc(F)c3)CC2)CC1. The molecule has 1 unspecified atom stereocenters. The maximum absolute atomic E-state index is 13.5. The third-order valence-electron chi connectivity index (χ3n) is 7.82. The molecule has 1 aromatic carbocycles. The highest BCUT2D eigenvalue weighted by atomic mass is 19.1. The lowest BCUT2D eigenvalue weighted by atomic mass is 9.70. The van der Waals surface area contributed by atoms with Gasteiger partial charge in [0, 0.05) is 6.07 Å². The largest absolute Gasteiger partial charge is 0.207 e. The van der Waals surface area contributed by atoms with E-state index in [0.717, 1.165) is 48.1 Å². The monoisotopic (exact) mass is 390 g/mol. The predicted molar refractivity (Wildman–Crippen MR) is 114 cm³/mol. The molecule has 0 nitrogen and oxygen atoms in total. The van der Waals surface area contributed by atoms with Crippen molar-refractivity contribution in [3.8, 4) is 0 Å². The van der Waals surface area contributed by atoms with Crippen LogP contribution < -0.4 is 0 Å². The van der Waals surface area contributed by atoms with E-state index in [2.05, 4.69) is 13.8 Å². The summed E-state index contributed by atoms with van der Waals surface area (Å²) in [7, 11) is 0. The summed E-state index contributed by atoms with van der Waals surface area (Å²) in [4.78, 5) is 0.